The first-order chi connectivity index (χ1) is 14.3. The number of amidine groups is 1. The molecule has 0 aliphatic rings. The van der Waals surface area contributed by atoms with Crippen molar-refractivity contribution in [2.45, 2.75) is 9.79 Å². The lowest BCUT2D eigenvalue weighted by Crippen LogP contribution is -2.21. The number of hydrogen-bond acceptors (Lipinski definition) is 8. The Morgan fingerprint density at radius 2 is 1.58 bits per heavy atom. The maximum atomic E-state index is 11.8. The molecule has 0 saturated heterocycles. The highest BCUT2D eigenvalue weighted by molar-refractivity contribution is 7.86. The summed E-state index contributed by atoms with van der Waals surface area (Å²) < 4.78 is 65.6. The van der Waals surface area contributed by atoms with Gasteiger partial charge < -0.3 is 5.73 Å². The minimum absolute atomic E-state index is 0.0140. The quantitative estimate of drug-likeness (QED) is 0.128. The highest BCUT2D eigenvalue weighted by Crippen LogP contribution is 2.26. The molecule has 0 amide bonds. The van der Waals surface area contributed by atoms with E-state index in [-0.39, 0.29) is 21.8 Å². The lowest BCUT2D eigenvalue weighted by molar-refractivity contribution is 0.480. The molecule has 14 heteroatoms. The maximum Gasteiger partial charge on any atom is 0.295 e. The molecule has 0 unspecified atom stereocenters. The van der Waals surface area contributed by atoms with Crippen LogP contribution < -0.4 is 11.2 Å². The van der Waals surface area contributed by atoms with Gasteiger partial charge in [0.15, 0.2) is 5.84 Å². The lowest BCUT2D eigenvalue weighted by Gasteiger charge is -2.08. The molecule has 0 saturated carbocycles. The van der Waals surface area contributed by atoms with Crippen molar-refractivity contribution in [1.29, 1.82) is 10.7 Å². The van der Waals surface area contributed by atoms with Gasteiger partial charge in [-0.05, 0) is 35.4 Å². The number of hydrogen-bond donors (Lipinski definition) is 5. The van der Waals surface area contributed by atoms with Crippen LogP contribution in [0, 0.1) is 16.7 Å². The molecular weight excluding hydrogens is 470 g/mol. The Hall–Kier alpha value is -3.28. The van der Waals surface area contributed by atoms with Crippen molar-refractivity contribution < 1.29 is 25.9 Å². The maximum absolute atomic E-state index is 11.8. The van der Waals surface area contributed by atoms with Crippen LogP contribution in [0.1, 0.15) is 11.1 Å². The smallest absolute Gasteiger partial charge is 0.295 e. The summed E-state index contributed by atoms with van der Waals surface area (Å²) >= 11 is 5.75. The molecule has 162 valence electrons. The fourth-order valence-electron chi connectivity index (χ4n) is 2.28. The van der Waals surface area contributed by atoms with Crippen LogP contribution in [-0.4, -0.2) is 37.5 Å². The van der Waals surface area contributed by atoms with Crippen LogP contribution in [-0.2, 0) is 20.2 Å². The van der Waals surface area contributed by atoms with Gasteiger partial charge in [0.1, 0.15) is 15.9 Å². The molecular formula is C17H14ClN5O6S2. The minimum atomic E-state index is -4.73. The normalized spacial score (nSPS) is 12.5. The van der Waals surface area contributed by atoms with Gasteiger partial charge in [-0.2, -0.15) is 27.2 Å². The Balaban J connectivity index is 2.52. The third kappa shape index (κ3) is 6.35. The number of nitriles is 1. The number of anilines is 1. The number of hydrazone groups is 1. The molecule has 2 aromatic carbocycles. The monoisotopic (exact) mass is 483 g/mol. The molecule has 6 N–H and O–H groups in total. The van der Waals surface area contributed by atoms with E-state index in [1.165, 1.54) is 36.4 Å². The number of nitrogens with zero attached hydrogens (tertiary/aromatic N) is 2. The fraction of sp³-hybridized carbons (Fsp3) is 0. The SMILES string of the molecule is N#C/C(=N\Nc1ccc(C=Cc2ccc(Cl)cc2S(=O)(=O)O)c(S(=O)(=O)O)c1)C(=N)N. The Morgan fingerprint density at radius 3 is 2.06 bits per heavy atom. The van der Waals surface area contributed by atoms with Crippen LogP contribution in [0.15, 0.2) is 51.3 Å². The molecule has 2 aromatic rings. The Kier molecular flexibility index (Phi) is 7.16. The average molecular weight is 484 g/mol. The number of nitrogens with one attached hydrogen (secondary N) is 2. The summed E-state index contributed by atoms with van der Waals surface area (Å²) in [5.41, 5.74) is 7.09. The van der Waals surface area contributed by atoms with E-state index >= 15 is 0 Å². The highest BCUT2D eigenvalue weighted by atomic mass is 35.5. The number of nitrogens with two attached hydrogens (primary N) is 1. The van der Waals surface area contributed by atoms with E-state index in [1.54, 1.807) is 6.07 Å². The summed E-state index contributed by atoms with van der Waals surface area (Å²) in [6.45, 7) is 0. The molecule has 2 rings (SSSR count). The summed E-state index contributed by atoms with van der Waals surface area (Å²) in [5.74, 6) is -0.609. The van der Waals surface area contributed by atoms with Gasteiger partial charge in [-0.3, -0.25) is 19.9 Å². The molecule has 0 heterocycles. The first-order valence-electron chi connectivity index (χ1n) is 7.98. The lowest BCUT2D eigenvalue weighted by atomic mass is 10.1. The molecule has 31 heavy (non-hydrogen) atoms. The summed E-state index contributed by atoms with van der Waals surface area (Å²) in [4.78, 5) is -1.06. The molecule has 0 bridgehead atoms. The van der Waals surface area contributed by atoms with Gasteiger partial charge in [-0.25, -0.2) is 0 Å². The first-order valence-corrected chi connectivity index (χ1v) is 11.2. The summed E-state index contributed by atoms with van der Waals surface area (Å²) in [7, 11) is -9.34. The van der Waals surface area contributed by atoms with E-state index in [9.17, 15) is 25.9 Å². The minimum Gasteiger partial charge on any atom is -0.382 e. The van der Waals surface area contributed by atoms with E-state index in [1.807, 2.05) is 0 Å². The number of rotatable bonds is 7. The highest BCUT2D eigenvalue weighted by Gasteiger charge is 2.17. The second-order valence-electron chi connectivity index (χ2n) is 5.82. The van der Waals surface area contributed by atoms with Crippen molar-refractivity contribution in [2.75, 3.05) is 5.43 Å². The Bertz CT molecular complexity index is 1360. The standard InChI is InChI=1S/C17H14ClN5O6S2/c18-12-5-3-10(15(7-12)30(24,25)26)1-2-11-4-6-13(8-16(11)31(27,28)29)22-23-14(9-19)17(20)21/h1-8,22H,(H3,20,21)(H,24,25,26)(H,27,28,29)/b2-1?,23-14+. The van der Waals surface area contributed by atoms with Gasteiger partial charge >= 0.3 is 0 Å². The van der Waals surface area contributed by atoms with E-state index in [0.29, 0.717) is 0 Å². The van der Waals surface area contributed by atoms with Gasteiger partial charge in [0, 0.05) is 5.02 Å². The zero-order valence-electron chi connectivity index (χ0n) is 15.3. The molecule has 0 aromatic heterocycles. The third-order valence-electron chi connectivity index (χ3n) is 3.65. The molecule has 11 nitrogen and oxygen atoms in total. The molecule has 0 radical (unpaired) electrons. The molecule has 0 spiro atoms. The Morgan fingerprint density at radius 1 is 1.06 bits per heavy atom. The number of halogens is 1. The van der Waals surface area contributed by atoms with Crippen LogP contribution >= 0.6 is 11.6 Å². The molecule has 0 aliphatic heterocycles. The average Bonchev–Trinajstić information content (AvgIpc) is 2.66. The van der Waals surface area contributed by atoms with Crippen molar-refractivity contribution in [3.05, 3.63) is 52.5 Å². The van der Waals surface area contributed by atoms with Gasteiger partial charge in [-0.15, -0.1) is 0 Å². The van der Waals surface area contributed by atoms with Crippen LogP contribution in [0.2, 0.25) is 5.02 Å². The summed E-state index contributed by atoms with van der Waals surface area (Å²) in [6, 6.07) is 8.86. The zero-order valence-corrected chi connectivity index (χ0v) is 17.7. The zero-order chi connectivity index (χ0) is 23.4. The molecule has 0 aliphatic carbocycles. The van der Waals surface area contributed by atoms with Crippen molar-refractivity contribution in [1.82, 2.24) is 0 Å². The van der Waals surface area contributed by atoms with Gasteiger partial charge in [0.2, 0.25) is 5.71 Å². The molecule has 0 fully saturated rings. The fourth-order valence-corrected chi connectivity index (χ4v) is 3.94. The largest absolute Gasteiger partial charge is 0.382 e. The summed E-state index contributed by atoms with van der Waals surface area (Å²) in [6.07, 6.45) is 2.41. The predicted octanol–water partition coefficient (Wildman–Crippen LogP) is 2.23. The van der Waals surface area contributed by atoms with Crippen molar-refractivity contribution >= 4 is 61.2 Å². The molecule has 0 atom stereocenters. The van der Waals surface area contributed by atoms with Crippen molar-refractivity contribution in [3.63, 3.8) is 0 Å². The predicted molar refractivity (Wildman–Crippen MR) is 115 cm³/mol. The van der Waals surface area contributed by atoms with E-state index in [2.05, 4.69) is 10.5 Å². The van der Waals surface area contributed by atoms with Crippen molar-refractivity contribution in [3.8, 4) is 6.07 Å². The van der Waals surface area contributed by atoms with E-state index in [4.69, 9.17) is 28.0 Å². The summed E-state index contributed by atoms with van der Waals surface area (Å²) in [5, 5.41) is 19.6. The topological polar surface area (TPSA) is 207 Å². The second kappa shape index (κ2) is 9.25. The van der Waals surface area contributed by atoms with Gasteiger partial charge in [0.05, 0.1) is 5.69 Å². The van der Waals surface area contributed by atoms with Gasteiger partial charge in [-0.1, -0.05) is 35.9 Å². The van der Waals surface area contributed by atoms with Crippen LogP contribution in [0.3, 0.4) is 0 Å². The van der Waals surface area contributed by atoms with E-state index in [0.717, 1.165) is 12.1 Å². The second-order valence-corrected chi connectivity index (χ2v) is 9.03. The van der Waals surface area contributed by atoms with Crippen LogP contribution in [0.4, 0.5) is 5.69 Å². The van der Waals surface area contributed by atoms with Crippen LogP contribution in [0.25, 0.3) is 12.2 Å². The van der Waals surface area contributed by atoms with Crippen LogP contribution in [0.5, 0.6) is 0 Å². The van der Waals surface area contributed by atoms with E-state index < -0.39 is 41.6 Å². The van der Waals surface area contributed by atoms with Gasteiger partial charge in [0.25, 0.3) is 20.2 Å². The third-order valence-corrected chi connectivity index (χ3v) is 5.70. The van der Waals surface area contributed by atoms with Crippen molar-refractivity contribution in [2.24, 2.45) is 10.8 Å². The first kappa shape index (κ1) is 24.0. The number of benzene rings is 2. The Labute approximate surface area is 182 Å².